The number of aromatic nitrogens is 4. The van der Waals surface area contributed by atoms with Crippen LogP contribution in [0.1, 0.15) is 0 Å². The van der Waals surface area contributed by atoms with Crippen molar-refractivity contribution >= 4 is 23.1 Å². The second-order valence-electron chi connectivity index (χ2n) is 3.61. The summed E-state index contributed by atoms with van der Waals surface area (Å²) in [6.45, 7) is 0. The molecule has 0 amide bonds. The summed E-state index contributed by atoms with van der Waals surface area (Å²) in [7, 11) is 0. The molecular formula is C10H9ClN6O. The van der Waals surface area contributed by atoms with Gasteiger partial charge in [0, 0.05) is 24.7 Å². The molecule has 0 aromatic carbocycles. The van der Waals surface area contributed by atoms with E-state index in [1.165, 1.54) is 11.3 Å². The van der Waals surface area contributed by atoms with Crippen LogP contribution in [0.5, 0.6) is 0 Å². The SMILES string of the molecule is OC1C(n2ccnc2)=CNN1c1cc(Cl)ncn1. The van der Waals surface area contributed by atoms with Crippen LogP contribution < -0.4 is 10.4 Å². The van der Waals surface area contributed by atoms with Crippen molar-refractivity contribution < 1.29 is 5.11 Å². The first-order chi connectivity index (χ1) is 8.75. The van der Waals surface area contributed by atoms with Crippen LogP contribution in [-0.2, 0) is 0 Å². The Kier molecular flexibility index (Phi) is 2.62. The molecular weight excluding hydrogens is 256 g/mol. The fourth-order valence-corrected chi connectivity index (χ4v) is 1.82. The highest BCUT2D eigenvalue weighted by atomic mass is 35.5. The zero-order chi connectivity index (χ0) is 12.5. The second-order valence-corrected chi connectivity index (χ2v) is 4.00. The van der Waals surface area contributed by atoms with E-state index in [0.29, 0.717) is 16.7 Å². The number of hydrazine groups is 1. The van der Waals surface area contributed by atoms with E-state index in [2.05, 4.69) is 20.4 Å². The summed E-state index contributed by atoms with van der Waals surface area (Å²) in [6.07, 6.45) is 7.10. The summed E-state index contributed by atoms with van der Waals surface area (Å²) < 4.78 is 1.71. The minimum absolute atomic E-state index is 0.310. The lowest BCUT2D eigenvalue weighted by atomic mass is 10.4. The standard InChI is InChI=1S/C10H9ClN6O/c11-8-3-9(14-5-13-8)17-10(18)7(4-15-17)16-2-1-12-6-16/h1-6,10,15,18H. The third kappa shape index (κ3) is 1.79. The smallest absolute Gasteiger partial charge is 0.190 e. The van der Waals surface area contributed by atoms with Gasteiger partial charge >= 0.3 is 0 Å². The van der Waals surface area contributed by atoms with Crippen molar-refractivity contribution in [1.29, 1.82) is 0 Å². The molecule has 1 atom stereocenters. The lowest BCUT2D eigenvalue weighted by Crippen LogP contribution is -2.39. The van der Waals surface area contributed by atoms with Gasteiger partial charge in [-0.15, -0.1) is 0 Å². The maximum atomic E-state index is 10.2. The fraction of sp³-hybridized carbons (Fsp3) is 0.100. The number of imidazole rings is 1. The molecule has 1 aliphatic rings. The number of hydrogen-bond acceptors (Lipinski definition) is 6. The monoisotopic (exact) mass is 264 g/mol. The molecule has 18 heavy (non-hydrogen) atoms. The number of nitrogens with zero attached hydrogens (tertiary/aromatic N) is 5. The first-order valence-corrected chi connectivity index (χ1v) is 5.53. The predicted molar refractivity (Wildman–Crippen MR) is 65.2 cm³/mol. The quantitative estimate of drug-likeness (QED) is 0.768. The minimum atomic E-state index is -0.884. The zero-order valence-electron chi connectivity index (χ0n) is 9.10. The Bertz CT molecular complexity index is 584. The van der Waals surface area contributed by atoms with E-state index in [9.17, 15) is 5.11 Å². The summed E-state index contributed by atoms with van der Waals surface area (Å²) in [5.41, 5.74) is 3.55. The van der Waals surface area contributed by atoms with Gasteiger partial charge in [0.05, 0.1) is 12.0 Å². The Balaban J connectivity index is 1.87. The molecule has 0 saturated heterocycles. The Morgan fingerprint density at radius 3 is 3.00 bits per heavy atom. The van der Waals surface area contributed by atoms with E-state index in [-0.39, 0.29) is 0 Å². The Hall–Kier alpha value is -2.12. The molecule has 0 saturated carbocycles. The van der Waals surface area contributed by atoms with Crippen LogP contribution in [0.4, 0.5) is 5.82 Å². The van der Waals surface area contributed by atoms with E-state index in [1.54, 1.807) is 35.6 Å². The van der Waals surface area contributed by atoms with Gasteiger partial charge in [-0.1, -0.05) is 11.6 Å². The zero-order valence-corrected chi connectivity index (χ0v) is 9.86. The van der Waals surface area contributed by atoms with Crippen LogP contribution >= 0.6 is 11.6 Å². The second kappa shape index (κ2) is 4.28. The van der Waals surface area contributed by atoms with Crippen molar-refractivity contribution in [3.63, 3.8) is 0 Å². The Labute approximate surface area is 107 Å². The Morgan fingerprint density at radius 2 is 2.28 bits per heavy atom. The molecule has 7 nitrogen and oxygen atoms in total. The van der Waals surface area contributed by atoms with Gasteiger partial charge in [0.1, 0.15) is 11.5 Å². The van der Waals surface area contributed by atoms with Crippen molar-refractivity contribution in [2.75, 3.05) is 5.01 Å². The minimum Gasteiger partial charge on any atom is -0.367 e. The summed E-state index contributed by atoms with van der Waals surface area (Å²) in [6, 6.07) is 1.56. The van der Waals surface area contributed by atoms with Gasteiger partial charge in [-0.25, -0.2) is 20.0 Å². The molecule has 92 valence electrons. The van der Waals surface area contributed by atoms with Crippen molar-refractivity contribution in [3.8, 4) is 0 Å². The van der Waals surface area contributed by atoms with Crippen LogP contribution in [0.3, 0.4) is 0 Å². The third-order valence-corrected chi connectivity index (χ3v) is 2.74. The molecule has 8 heteroatoms. The normalized spacial score (nSPS) is 18.7. The molecule has 0 fully saturated rings. The van der Waals surface area contributed by atoms with E-state index < -0.39 is 6.23 Å². The van der Waals surface area contributed by atoms with Crippen molar-refractivity contribution in [1.82, 2.24) is 24.9 Å². The molecule has 2 aromatic heterocycles. The van der Waals surface area contributed by atoms with Crippen molar-refractivity contribution in [2.24, 2.45) is 0 Å². The number of rotatable bonds is 2. The number of anilines is 1. The van der Waals surface area contributed by atoms with Gasteiger partial charge in [-0.3, -0.25) is 5.43 Å². The van der Waals surface area contributed by atoms with Crippen LogP contribution in [0.15, 0.2) is 37.3 Å². The van der Waals surface area contributed by atoms with Crippen LogP contribution in [0, 0.1) is 0 Å². The third-order valence-electron chi connectivity index (χ3n) is 2.53. The van der Waals surface area contributed by atoms with Gasteiger partial charge in [0.15, 0.2) is 12.0 Å². The molecule has 2 aromatic rings. The predicted octanol–water partition coefficient (Wildman–Crippen LogP) is 0.468. The molecule has 0 aliphatic carbocycles. The number of aliphatic hydroxyl groups is 1. The Morgan fingerprint density at radius 1 is 1.39 bits per heavy atom. The van der Waals surface area contributed by atoms with Gasteiger partial charge in [-0.05, 0) is 0 Å². The maximum Gasteiger partial charge on any atom is 0.190 e. The van der Waals surface area contributed by atoms with E-state index >= 15 is 0 Å². The number of nitrogens with one attached hydrogen (secondary N) is 1. The van der Waals surface area contributed by atoms with Crippen LogP contribution in [0.2, 0.25) is 5.15 Å². The first kappa shape index (κ1) is 11.0. The molecule has 1 aliphatic heterocycles. The molecule has 3 rings (SSSR count). The van der Waals surface area contributed by atoms with E-state index in [4.69, 9.17) is 11.6 Å². The van der Waals surface area contributed by atoms with E-state index in [0.717, 1.165) is 0 Å². The summed E-state index contributed by atoms with van der Waals surface area (Å²) in [5, 5.41) is 12.0. The molecule has 0 spiro atoms. The number of aliphatic hydroxyl groups excluding tert-OH is 1. The summed E-state index contributed by atoms with van der Waals surface area (Å²) >= 11 is 5.79. The molecule has 0 radical (unpaired) electrons. The van der Waals surface area contributed by atoms with E-state index in [1.807, 2.05) is 0 Å². The first-order valence-electron chi connectivity index (χ1n) is 5.15. The van der Waals surface area contributed by atoms with Gasteiger partial charge in [0.2, 0.25) is 0 Å². The molecule has 2 N–H and O–H groups in total. The number of hydrogen-bond donors (Lipinski definition) is 2. The molecule has 3 heterocycles. The topological polar surface area (TPSA) is 79.1 Å². The van der Waals surface area contributed by atoms with Crippen molar-refractivity contribution in [2.45, 2.75) is 6.23 Å². The van der Waals surface area contributed by atoms with Crippen molar-refractivity contribution in [3.05, 3.63) is 42.5 Å². The van der Waals surface area contributed by atoms with Gasteiger partial charge in [0.25, 0.3) is 0 Å². The van der Waals surface area contributed by atoms with Gasteiger partial charge < -0.3 is 9.67 Å². The maximum absolute atomic E-state index is 10.2. The summed E-state index contributed by atoms with van der Waals surface area (Å²) in [4.78, 5) is 11.8. The lowest BCUT2D eigenvalue weighted by Gasteiger charge is -2.22. The lowest BCUT2D eigenvalue weighted by molar-refractivity contribution is 0.220. The highest BCUT2D eigenvalue weighted by molar-refractivity contribution is 6.29. The van der Waals surface area contributed by atoms with Crippen LogP contribution in [-0.4, -0.2) is 30.9 Å². The fourth-order valence-electron chi connectivity index (χ4n) is 1.68. The van der Waals surface area contributed by atoms with Gasteiger partial charge in [-0.2, -0.15) is 0 Å². The highest BCUT2D eigenvalue weighted by Gasteiger charge is 2.27. The average Bonchev–Trinajstić information content (AvgIpc) is 2.97. The van der Waals surface area contributed by atoms with Crippen LogP contribution in [0.25, 0.3) is 5.70 Å². The molecule has 0 bridgehead atoms. The average molecular weight is 265 g/mol. The summed E-state index contributed by atoms with van der Waals surface area (Å²) in [5.74, 6) is 0.480. The molecule has 1 unspecified atom stereocenters. The highest BCUT2D eigenvalue weighted by Crippen LogP contribution is 2.23. The number of halogens is 1. The largest absolute Gasteiger partial charge is 0.367 e.